The van der Waals surface area contributed by atoms with Crippen molar-refractivity contribution in [2.75, 3.05) is 52.5 Å². The number of nitrogens with one attached hydrogen (secondary N) is 1. The van der Waals surface area contributed by atoms with Gasteiger partial charge in [0.2, 0.25) is 0 Å². The van der Waals surface area contributed by atoms with Crippen LogP contribution in [0.5, 0.6) is 0 Å². The summed E-state index contributed by atoms with van der Waals surface area (Å²) in [6, 6.07) is 0. The fourth-order valence-corrected chi connectivity index (χ4v) is 6.86. The highest BCUT2D eigenvalue weighted by Gasteiger charge is 2.29. The van der Waals surface area contributed by atoms with Crippen molar-refractivity contribution in [3.8, 4) is 0 Å². The Hall–Kier alpha value is -2.36. The van der Waals surface area contributed by atoms with Gasteiger partial charge >= 0.3 is 0 Å². The van der Waals surface area contributed by atoms with Gasteiger partial charge in [0.25, 0.3) is 5.56 Å². The summed E-state index contributed by atoms with van der Waals surface area (Å²) in [5.41, 5.74) is 2.86. The molecule has 9 heteroatoms. The molecule has 1 atom stereocenters. The molecule has 1 N–H and O–H groups in total. The van der Waals surface area contributed by atoms with E-state index in [4.69, 9.17) is 14.8 Å². The summed E-state index contributed by atoms with van der Waals surface area (Å²) in [4.78, 5) is 39.3. The van der Waals surface area contributed by atoms with Crippen LogP contribution in [0.1, 0.15) is 96.0 Å². The van der Waals surface area contributed by atoms with Crippen molar-refractivity contribution in [1.82, 2.24) is 29.5 Å². The Bertz CT molecular complexity index is 1270. The van der Waals surface area contributed by atoms with Crippen molar-refractivity contribution in [1.29, 1.82) is 0 Å². The molecule has 1 aliphatic carbocycles. The number of aromatic nitrogens is 4. The molecular weight excluding hydrogens is 516 g/mol. The van der Waals surface area contributed by atoms with E-state index in [1.807, 2.05) is 7.05 Å². The summed E-state index contributed by atoms with van der Waals surface area (Å²) in [7, 11) is 1.84. The molecule has 0 aromatic carbocycles. The number of H-pyrrole nitrogens is 1. The molecule has 2 aliphatic heterocycles. The molecular formula is C32H50N6O3. The molecule has 0 bridgehead atoms. The number of piperazine rings is 1. The predicted octanol–water partition coefficient (Wildman–Crippen LogP) is 4.32. The van der Waals surface area contributed by atoms with Gasteiger partial charge in [0.1, 0.15) is 11.3 Å². The molecule has 5 rings (SSSR count). The smallest absolute Gasteiger partial charge is 0.277 e. The number of nitrogens with zero attached hydrogens (tertiary/aromatic N) is 5. The number of aryl methyl sites for hydroxylation is 1. The minimum atomic E-state index is -0.196. The van der Waals surface area contributed by atoms with Crippen LogP contribution in [0.3, 0.4) is 0 Å². The van der Waals surface area contributed by atoms with Gasteiger partial charge in [-0.2, -0.15) is 5.10 Å². The Labute approximate surface area is 244 Å². The Morgan fingerprint density at radius 3 is 2.56 bits per heavy atom. The topological polar surface area (TPSA) is 96.3 Å². The summed E-state index contributed by atoms with van der Waals surface area (Å²) in [5.74, 6) is 1.99. The fraction of sp³-hybridized carbons (Fsp3) is 0.750. The molecule has 1 unspecified atom stereocenters. The Kier molecular flexibility index (Phi) is 9.77. The molecule has 2 aromatic heterocycles. The second-order valence-electron chi connectivity index (χ2n) is 13.5. The summed E-state index contributed by atoms with van der Waals surface area (Å²) in [6.07, 6.45) is 12.2. The zero-order valence-electron chi connectivity index (χ0n) is 25.7. The third-order valence-corrected chi connectivity index (χ3v) is 9.30. The molecule has 3 aliphatic rings. The van der Waals surface area contributed by atoms with Crippen LogP contribution < -0.4 is 5.56 Å². The molecule has 226 valence electrons. The molecule has 41 heavy (non-hydrogen) atoms. The third kappa shape index (κ3) is 7.54. The molecule has 2 fully saturated rings. The van der Waals surface area contributed by atoms with Crippen molar-refractivity contribution >= 4 is 16.8 Å². The van der Waals surface area contributed by atoms with Gasteiger partial charge in [-0.05, 0) is 43.7 Å². The lowest BCUT2D eigenvalue weighted by Crippen LogP contribution is -2.48. The quantitative estimate of drug-likeness (QED) is 0.483. The lowest BCUT2D eigenvalue weighted by atomic mass is 9.81. The third-order valence-electron chi connectivity index (χ3n) is 9.30. The highest BCUT2D eigenvalue weighted by molar-refractivity contribution is 5.96. The minimum Gasteiger partial charge on any atom is -0.381 e. The van der Waals surface area contributed by atoms with Gasteiger partial charge in [-0.1, -0.05) is 59.0 Å². The molecule has 1 saturated carbocycles. The average molecular weight is 567 g/mol. The first-order valence-electron chi connectivity index (χ1n) is 15.9. The summed E-state index contributed by atoms with van der Waals surface area (Å²) >= 11 is 0. The van der Waals surface area contributed by atoms with E-state index in [0.29, 0.717) is 31.2 Å². The van der Waals surface area contributed by atoms with Crippen LogP contribution in [0, 0.1) is 5.92 Å². The number of hydrogen-bond acceptors (Lipinski definition) is 7. The summed E-state index contributed by atoms with van der Waals surface area (Å²) in [5, 5.41) is 4.71. The molecule has 0 radical (unpaired) electrons. The number of carbonyl (C=O) groups excluding carboxylic acids is 1. The van der Waals surface area contributed by atoms with Gasteiger partial charge in [-0.3, -0.25) is 19.2 Å². The van der Waals surface area contributed by atoms with Crippen molar-refractivity contribution in [2.45, 2.75) is 89.9 Å². The zero-order valence-corrected chi connectivity index (χ0v) is 25.7. The van der Waals surface area contributed by atoms with Gasteiger partial charge in [0.15, 0.2) is 11.3 Å². The second-order valence-corrected chi connectivity index (χ2v) is 13.5. The van der Waals surface area contributed by atoms with Gasteiger partial charge in [-0.25, -0.2) is 4.98 Å². The Balaban J connectivity index is 1.26. The first-order chi connectivity index (χ1) is 19.7. The second kappa shape index (κ2) is 13.3. The maximum Gasteiger partial charge on any atom is 0.277 e. The molecule has 2 aromatic rings. The van der Waals surface area contributed by atoms with E-state index in [-0.39, 0.29) is 22.7 Å². The van der Waals surface area contributed by atoms with Gasteiger partial charge in [-0.15, -0.1) is 0 Å². The van der Waals surface area contributed by atoms with E-state index in [1.54, 1.807) is 4.68 Å². The average Bonchev–Trinajstić information content (AvgIpc) is 3.10. The normalized spacial score (nSPS) is 21.1. The van der Waals surface area contributed by atoms with Crippen LogP contribution >= 0.6 is 0 Å². The number of Topliss-reactive ketones (excluding diaryl/α,β-unsaturated/α-hetero) is 1. The lowest BCUT2D eigenvalue weighted by Gasteiger charge is -2.35. The summed E-state index contributed by atoms with van der Waals surface area (Å²) in [6.45, 7) is 13.0. The van der Waals surface area contributed by atoms with E-state index in [9.17, 15) is 9.59 Å². The van der Waals surface area contributed by atoms with Gasteiger partial charge in [0, 0.05) is 44.6 Å². The first-order valence-corrected chi connectivity index (χ1v) is 15.9. The van der Waals surface area contributed by atoms with E-state index in [0.717, 1.165) is 81.0 Å². The van der Waals surface area contributed by atoms with Gasteiger partial charge in [0.05, 0.1) is 25.5 Å². The lowest BCUT2D eigenvalue weighted by molar-refractivity contribution is -0.117. The van der Waals surface area contributed by atoms with E-state index >= 15 is 0 Å². The standard InChI is InChI=1S/C32H50N6O3/c1-32(2,3)29-27-28(36(4)35-29)31(40)34-30(33-27)25(21-23-9-6-5-7-10-23)12-14-37-15-17-38(18-16-37)22-26(39)24-11-8-19-41-20-13-24/h11,23,25H,5-10,12-22H2,1-4H3,(H,33,34,40). The first kappa shape index (κ1) is 30.1. The monoisotopic (exact) mass is 566 g/mol. The molecule has 1 saturated heterocycles. The van der Waals surface area contributed by atoms with Crippen LogP contribution in [0.4, 0.5) is 0 Å². The highest BCUT2D eigenvalue weighted by atomic mass is 16.5. The number of aromatic amines is 1. The molecule has 4 heterocycles. The number of hydrogen-bond donors (Lipinski definition) is 1. The number of ketones is 1. The van der Waals surface area contributed by atoms with Crippen molar-refractivity contribution < 1.29 is 9.53 Å². The number of ether oxygens (including phenoxy) is 1. The maximum absolute atomic E-state index is 13.3. The van der Waals surface area contributed by atoms with Crippen LogP contribution in [0.15, 0.2) is 16.4 Å². The Morgan fingerprint density at radius 1 is 1.10 bits per heavy atom. The SMILES string of the molecule is Cn1nc(C(C)(C)C)c2nc(C(CCN3CCN(CC(=O)C4=CCCOCC4)CC3)CC3CCCCC3)[nH]c(=O)c21. The van der Waals surface area contributed by atoms with E-state index < -0.39 is 0 Å². The zero-order chi connectivity index (χ0) is 29.0. The predicted molar refractivity (Wildman–Crippen MR) is 162 cm³/mol. The minimum absolute atomic E-state index is 0.0854. The molecule has 9 nitrogen and oxygen atoms in total. The summed E-state index contributed by atoms with van der Waals surface area (Å²) < 4.78 is 7.19. The van der Waals surface area contributed by atoms with Crippen molar-refractivity contribution in [3.63, 3.8) is 0 Å². The van der Waals surface area contributed by atoms with Crippen LogP contribution in [0.25, 0.3) is 11.0 Å². The van der Waals surface area contributed by atoms with Crippen molar-refractivity contribution in [3.05, 3.63) is 33.5 Å². The largest absolute Gasteiger partial charge is 0.381 e. The fourth-order valence-electron chi connectivity index (χ4n) is 6.86. The van der Waals surface area contributed by atoms with Crippen molar-refractivity contribution in [2.24, 2.45) is 13.0 Å². The number of rotatable bonds is 9. The van der Waals surface area contributed by atoms with Crippen LogP contribution in [0.2, 0.25) is 0 Å². The van der Waals surface area contributed by atoms with E-state index in [2.05, 4.69) is 41.6 Å². The highest BCUT2D eigenvalue weighted by Crippen LogP contribution is 2.35. The maximum atomic E-state index is 13.3. The van der Waals surface area contributed by atoms with Gasteiger partial charge < -0.3 is 14.6 Å². The Morgan fingerprint density at radius 2 is 1.83 bits per heavy atom. The van der Waals surface area contributed by atoms with Crippen LogP contribution in [-0.2, 0) is 22.0 Å². The molecule has 0 spiro atoms. The number of carbonyl (C=O) groups is 1. The van der Waals surface area contributed by atoms with Crippen LogP contribution in [-0.4, -0.2) is 87.8 Å². The number of fused-ring (bicyclic) bond motifs is 1. The van der Waals surface area contributed by atoms with E-state index in [1.165, 1.54) is 32.1 Å². The molecule has 0 amide bonds.